The van der Waals surface area contributed by atoms with Crippen molar-refractivity contribution in [2.45, 2.75) is 25.9 Å². The number of amides is 1. The van der Waals surface area contributed by atoms with Crippen LogP contribution in [0.1, 0.15) is 25.5 Å². The minimum atomic E-state index is -0.598. The van der Waals surface area contributed by atoms with Crippen molar-refractivity contribution < 1.29 is 19.4 Å². The number of carbonyl (C=O) groups is 1. The monoisotopic (exact) mass is 400 g/mol. The van der Waals surface area contributed by atoms with E-state index in [2.05, 4.69) is 5.32 Å². The zero-order valence-electron chi connectivity index (χ0n) is 14.0. The quantitative estimate of drug-likeness (QED) is 0.440. The van der Waals surface area contributed by atoms with Gasteiger partial charge in [-0.05, 0) is 32.0 Å². The first-order valence-electron chi connectivity index (χ1n) is 7.74. The predicted molar refractivity (Wildman–Crippen MR) is 97.9 cm³/mol. The minimum Gasteiger partial charge on any atom is -0.330 e. The van der Waals surface area contributed by atoms with E-state index in [1.807, 2.05) is 0 Å². The third-order valence-electron chi connectivity index (χ3n) is 3.88. The first-order chi connectivity index (χ1) is 12.2. The molecule has 2 aromatic carbocycles. The SMILES string of the molecule is C[C@@H]([NH2+][C@H](C)c1cc(F)c(Cl)cc1Cl)C(=O)Nc1ccccc1[N+](=O)[O-]. The Balaban J connectivity index is 2.10. The van der Waals surface area contributed by atoms with Gasteiger partial charge in [-0.15, -0.1) is 0 Å². The van der Waals surface area contributed by atoms with Crippen molar-refractivity contribution in [2.75, 3.05) is 5.32 Å². The average Bonchev–Trinajstić information content (AvgIpc) is 2.58. The Kier molecular flexibility index (Phi) is 6.52. The summed E-state index contributed by atoms with van der Waals surface area (Å²) in [6.45, 7) is 3.41. The van der Waals surface area contributed by atoms with Crippen LogP contribution in [0.5, 0.6) is 0 Å². The third-order valence-corrected chi connectivity index (χ3v) is 4.50. The van der Waals surface area contributed by atoms with Gasteiger partial charge < -0.3 is 10.6 Å². The largest absolute Gasteiger partial charge is 0.330 e. The fourth-order valence-corrected chi connectivity index (χ4v) is 3.05. The number of para-hydroxylation sites is 2. The molecular weight excluding hydrogens is 384 g/mol. The molecule has 0 heterocycles. The number of quaternary nitrogens is 1. The van der Waals surface area contributed by atoms with E-state index >= 15 is 0 Å². The number of hydrogen-bond acceptors (Lipinski definition) is 3. The number of rotatable bonds is 6. The Morgan fingerprint density at radius 2 is 1.88 bits per heavy atom. The van der Waals surface area contributed by atoms with Crippen LogP contribution >= 0.6 is 23.2 Å². The molecule has 0 saturated carbocycles. The van der Waals surface area contributed by atoms with Gasteiger partial charge in [0.25, 0.3) is 11.6 Å². The third kappa shape index (κ3) is 4.69. The van der Waals surface area contributed by atoms with E-state index in [-0.39, 0.29) is 22.4 Å². The molecule has 0 saturated heterocycles. The predicted octanol–water partition coefficient (Wildman–Crippen LogP) is 3.69. The highest BCUT2D eigenvalue weighted by molar-refractivity contribution is 6.35. The van der Waals surface area contributed by atoms with Crippen molar-refractivity contribution in [3.63, 3.8) is 0 Å². The van der Waals surface area contributed by atoms with Crippen LogP contribution in [-0.4, -0.2) is 16.9 Å². The lowest BCUT2D eigenvalue weighted by Gasteiger charge is -2.18. The van der Waals surface area contributed by atoms with Crippen LogP contribution in [0.15, 0.2) is 36.4 Å². The average molecular weight is 401 g/mol. The fraction of sp³-hybridized carbons (Fsp3) is 0.235. The van der Waals surface area contributed by atoms with Gasteiger partial charge in [0, 0.05) is 11.6 Å². The van der Waals surface area contributed by atoms with Gasteiger partial charge in [-0.3, -0.25) is 14.9 Å². The number of nitro benzene ring substituents is 1. The van der Waals surface area contributed by atoms with Gasteiger partial charge in [0.15, 0.2) is 6.04 Å². The number of benzene rings is 2. The summed E-state index contributed by atoms with van der Waals surface area (Å²) in [7, 11) is 0. The first-order valence-corrected chi connectivity index (χ1v) is 8.50. The van der Waals surface area contributed by atoms with Crippen LogP contribution < -0.4 is 10.6 Å². The number of nitrogens with two attached hydrogens (primary N) is 1. The van der Waals surface area contributed by atoms with E-state index in [0.29, 0.717) is 10.6 Å². The molecule has 2 atom stereocenters. The molecule has 0 fully saturated rings. The van der Waals surface area contributed by atoms with Crippen molar-refractivity contribution >= 4 is 40.5 Å². The van der Waals surface area contributed by atoms with Crippen molar-refractivity contribution in [3.05, 3.63) is 67.9 Å². The summed E-state index contributed by atoms with van der Waals surface area (Å²) < 4.78 is 13.7. The van der Waals surface area contributed by atoms with Gasteiger partial charge in [-0.1, -0.05) is 35.3 Å². The molecule has 0 bridgehead atoms. The second-order valence-electron chi connectivity index (χ2n) is 5.82. The van der Waals surface area contributed by atoms with E-state index in [9.17, 15) is 19.3 Å². The van der Waals surface area contributed by atoms with Crippen molar-refractivity contribution in [1.82, 2.24) is 0 Å². The number of nitrogens with one attached hydrogen (secondary N) is 1. The van der Waals surface area contributed by atoms with Crippen LogP contribution in [0.3, 0.4) is 0 Å². The molecule has 1 amide bonds. The van der Waals surface area contributed by atoms with E-state index in [4.69, 9.17) is 23.2 Å². The van der Waals surface area contributed by atoms with Crippen molar-refractivity contribution in [2.24, 2.45) is 0 Å². The molecule has 2 aromatic rings. The number of halogens is 3. The lowest BCUT2D eigenvalue weighted by molar-refractivity contribution is -0.709. The summed E-state index contributed by atoms with van der Waals surface area (Å²) in [5.41, 5.74) is 0.425. The maximum atomic E-state index is 13.7. The lowest BCUT2D eigenvalue weighted by atomic mass is 10.1. The topological polar surface area (TPSA) is 88.8 Å². The van der Waals surface area contributed by atoms with Crippen LogP contribution in [0.2, 0.25) is 10.0 Å². The van der Waals surface area contributed by atoms with Gasteiger partial charge in [0.05, 0.1) is 15.0 Å². The number of nitro groups is 1. The Labute approximate surface area is 159 Å². The molecule has 0 aliphatic rings. The lowest BCUT2D eigenvalue weighted by Crippen LogP contribution is -2.91. The molecule has 0 spiro atoms. The number of hydrogen-bond donors (Lipinski definition) is 2. The van der Waals surface area contributed by atoms with Crippen molar-refractivity contribution in [1.29, 1.82) is 0 Å². The molecule has 0 radical (unpaired) electrons. The molecular formula is C17H17Cl2FN3O3+. The number of anilines is 1. The molecule has 2 rings (SSSR count). The Morgan fingerprint density at radius 1 is 1.23 bits per heavy atom. The Bertz CT molecular complexity index is 848. The highest BCUT2D eigenvalue weighted by atomic mass is 35.5. The van der Waals surface area contributed by atoms with Gasteiger partial charge in [-0.25, -0.2) is 4.39 Å². The molecule has 26 heavy (non-hydrogen) atoms. The van der Waals surface area contributed by atoms with E-state index < -0.39 is 22.7 Å². The summed E-state index contributed by atoms with van der Waals surface area (Å²) in [4.78, 5) is 22.8. The molecule has 3 N–H and O–H groups in total. The smallest absolute Gasteiger partial charge is 0.292 e. The van der Waals surface area contributed by atoms with E-state index in [1.165, 1.54) is 30.3 Å². The summed E-state index contributed by atoms with van der Waals surface area (Å²) in [6, 6.07) is 7.49. The highest BCUT2D eigenvalue weighted by Gasteiger charge is 2.24. The number of carbonyl (C=O) groups excluding carboxylic acids is 1. The zero-order valence-corrected chi connectivity index (χ0v) is 15.5. The Hall–Kier alpha value is -2.22. The van der Waals surface area contributed by atoms with Crippen LogP contribution in [-0.2, 0) is 4.79 Å². The van der Waals surface area contributed by atoms with Crippen molar-refractivity contribution in [3.8, 4) is 0 Å². The summed E-state index contributed by atoms with van der Waals surface area (Å²) in [5.74, 6) is -1.01. The molecule has 0 aliphatic carbocycles. The van der Waals surface area contributed by atoms with Crippen LogP contribution in [0.4, 0.5) is 15.8 Å². The molecule has 0 unspecified atom stereocenters. The van der Waals surface area contributed by atoms with Gasteiger partial charge in [0.2, 0.25) is 0 Å². The second-order valence-corrected chi connectivity index (χ2v) is 6.64. The van der Waals surface area contributed by atoms with Gasteiger partial charge in [-0.2, -0.15) is 0 Å². The summed E-state index contributed by atoms with van der Waals surface area (Å²) >= 11 is 11.8. The Morgan fingerprint density at radius 3 is 2.54 bits per heavy atom. The maximum absolute atomic E-state index is 13.7. The second kappa shape index (κ2) is 8.44. The molecule has 6 nitrogen and oxygen atoms in total. The molecule has 0 aromatic heterocycles. The zero-order chi connectivity index (χ0) is 19.4. The minimum absolute atomic E-state index is 0.0758. The molecule has 138 valence electrons. The van der Waals surface area contributed by atoms with Gasteiger partial charge >= 0.3 is 0 Å². The first kappa shape index (κ1) is 20.1. The standard InChI is InChI=1S/C17H16Cl2FN3O3/c1-9(11-7-14(20)13(19)8-12(11)18)21-10(2)17(24)22-15-5-3-4-6-16(15)23(25)26/h3-10,21H,1-2H3,(H,22,24)/p+1/t9-,10-/m1/s1. The maximum Gasteiger partial charge on any atom is 0.292 e. The van der Waals surface area contributed by atoms with Crippen LogP contribution in [0, 0.1) is 15.9 Å². The fourth-order valence-electron chi connectivity index (χ4n) is 2.50. The van der Waals surface area contributed by atoms with E-state index in [0.717, 1.165) is 0 Å². The highest BCUT2D eigenvalue weighted by Crippen LogP contribution is 2.27. The normalized spacial score (nSPS) is 13.1. The molecule has 9 heteroatoms. The van der Waals surface area contributed by atoms with Gasteiger partial charge in [0.1, 0.15) is 17.5 Å². The molecule has 0 aliphatic heterocycles. The number of nitrogens with zero attached hydrogens (tertiary/aromatic N) is 1. The summed E-state index contributed by atoms with van der Waals surface area (Å²) in [5, 5.41) is 15.5. The van der Waals surface area contributed by atoms with E-state index in [1.54, 1.807) is 25.2 Å². The summed E-state index contributed by atoms with van der Waals surface area (Å²) in [6.07, 6.45) is 0. The van der Waals surface area contributed by atoms with Crippen LogP contribution in [0.25, 0.3) is 0 Å².